The number of carbonyl (C=O) groups is 1. The van der Waals surface area contributed by atoms with Crippen LogP contribution in [0.4, 0.5) is 5.82 Å². The van der Waals surface area contributed by atoms with E-state index in [0.29, 0.717) is 6.04 Å². The molecule has 112 valence electrons. The molecule has 0 unspecified atom stereocenters. The molecule has 6 nitrogen and oxygen atoms in total. The molecule has 1 aliphatic rings. The fraction of sp³-hybridized carbons (Fsp3) is 0.533. The molecule has 0 atom stereocenters. The number of carbonyl (C=O) groups excluding carboxylic acids is 1. The molecule has 0 bridgehead atoms. The van der Waals surface area contributed by atoms with Gasteiger partial charge in [-0.25, -0.2) is 9.67 Å². The minimum atomic E-state index is -0.0510. The largest absolute Gasteiger partial charge is 0.328 e. The number of aryl methyl sites for hydroxylation is 1. The molecule has 3 rings (SSSR count). The van der Waals surface area contributed by atoms with E-state index in [1.807, 2.05) is 17.7 Å². The van der Waals surface area contributed by atoms with E-state index in [0.717, 1.165) is 24.4 Å². The minimum Gasteiger partial charge on any atom is -0.328 e. The average molecular weight is 287 g/mol. The van der Waals surface area contributed by atoms with Crippen molar-refractivity contribution in [2.24, 2.45) is 0 Å². The van der Waals surface area contributed by atoms with Crippen LogP contribution in [-0.2, 0) is 11.3 Å². The van der Waals surface area contributed by atoms with Crippen molar-refractivity contribution in [2.75, 3.05) is 5.32 Å². The number of hydrogen-bond donors (Lipinski definition) is 1. The van der Waals surface area contributed by atoms with E-state index in [-0.39, 0.29) is 12.5 Å². The normalized spacial score (nSPS) is 16.0. The lowest BCUT2D eigenvalue weighted by molar-refractivity contribution is -0.116. The number of imidazole rings is 1. The lowest BCUT2D eigenvalue weighted by Crippen LogP contribution is -2.22. The first-order valence-corrected chi connectivity index (χ1v) is 7.54. The Balaban J connectivity index is 1.71. The van der Waals surface area contributed by atoms with Gasteiger partial charge >= 0.3 is 0 Å². The molecule has 1 N–H and O–H groups in total. The molecular weight excluding hydrogens is 266 g/mol. The molecule has 1 amide bonds. The van der Waals surface area contributed by atoms with Gasteiger partial charge in [0.15, 0.2) is 0 Å². The molecule has 0 aromatic carbocycles. The summed E-state index contributed by atoms with van der Waals surface area (Å²) in [6.45, 7) is 2.24. The summed E-state index contributed by atoms with van der Waals surface area (Å²) in [6, 6.07) is 2.36. The monoisotopic (exact) mass is 287 g/mol. The van der Waals surface area contributed by atoms with Gasteiger partial charge in [-0.05, 0) is 19.8 Å². The number of anilines is 1. The van der Waals surface area contributed by atoms with Crippen LogP contribution in [0.3, 0.4) is 0 Å². The quantitative estimate of drug-likeness (QED) is 0.939. The summed E-state index contributed by atoms with van der Waals surface area (Å²) in [6.07, 6.45) is 11.2. The molecule has 2 aromatic heterocycles. The van der Waals surface area contributed by atoms with Crippen molar-refractivity contribution in [3.8, 4) is 0 Å². The van der Waals surface area contributed by atoms with Crippen molar-refractivity contribution in [3.05, 3.63) is 30.5 Å². The van der Waals surface area contributed by atoms with Gasteiger partial charge < -0.3 is 9.88 Å². The molecule has 2 aromatic rings. The first kappa shape index (κ1) is 13.9. The van der Waals surface area contributed by atoms with E-state index >= 15 is 0 Å². The number of rotatable bonds is 4. The van der Waals surface area contributed by atoms with Crippen molar-refractivity contribution in [3.63, 3.8) is 0 Å². The second-order valence-electron chi connectivity index (χ2n) is 5.69. The Morgan fingerprint density at radius 3 is 2.90 bits per heavy atom. The minimum absolute atomic E-state index is 0.0510. The van der Waals surface area contributed by atoms with E-state index in [2.05, 4.69) is 15.4 Å². The average Bonchev–Trinajstić information content (AvgIpc) is 3.09. The van der Waals surface area contributed by atoms with Crippen molar-refractivity contribution in [1.29, 1.82) is 0 Å². The van der Waals surface area contributed by atoms with Crippen LogP contribution < -0.4 is 5.32 Å². The summed E-state index contributed by atoms with van der Waals surface area (Å²) in [5.74, 6) is 0.759. The van der Waals surface area contributed by atoms with Crippen molar-refractivity contribution < 1.29 is 4.79 Å². The topological polar surface area (TPSA) is 64.7 Å². The smallest absolute Gasteiger partial charge is 0.245 e. The zero-order valence-electron chi connectivity index (χ0n) is 12.3. The van der Waals surface area contributed by atoms with Crippen LogP contribution in [0.25, 0.3) is 0 Å². The predicted octanol–water partition coefficient (Wildman–Crippen LogP) is 2.53. The summed E-state index contributed by atoms with van der Waals surface area (Å²) in [7, 11) is 0. The van der Waals surface area contributed by atoms with Crippen LogP contribution in [0, 0.1) is 6.92 Å². The zero-order valence-corrected chi connectivity index (χ0v) is 12.3. The van der Waals surface area contributed by atoms with E-state index in [1.165, 1.54) is 19.3 Å². The van der Waals surface area contributed by atoms with Gasteiger partial charge in [-0.2, -0.15) is 5.10 Å². The van der Waals surface area contributed by atoms with Gasteiger partial charge in [-0.15, -0.1) is 0 Å². The Bertz CT molecular complexity index is 596. The van der Waals surface area contributed by atoms with E-state index < -0.39 is 0 Å². The highest BCUT2D eigenvalue weighted by molar-refractivity contribution is 5.89. The van der Waals surface area contributed by atoms with E-state index in [4.69, 9.17) is 0 Å². The van der Waals surface area contributed by atoms with Gasteiger partial charge in [0, 0.05) is 18.5 Å². The third-order valence-corrected chi connectivity index (χ3v) is 3.93. The van der Waals surface area contributed by atoms with E-state index in [1.54, 1.807) is 23.3 Å². The number of nitrogens with zero attached hydrogens (tertiary/aromatic N) is 4. The first-order chi connectivity index (χ1) is 10.2. The predicted molar refractivity (Wildman–Crippen MR) is 79.9 cm³/mol. The van der Waals surface area contributed by atoms with Gasteiger partial charge in [-0.1, -0.05) is 19.3 Å². The maximum Gasteiger partial charge on any atom is 0.245 e. The Morgan fingerprint density at radius 1 is 1.38 bits per heavy atom. The number of hydrogen-bond acceptors (Lipinski definition) is 3. The van der Waals surface area contributed by atoms with Crippen LogP contribution in [0.2, 0.25) is 0 Å². The molecule has 1 aliphatic carbocycles. The van der Waals surface area contributed by atoms with Gasteiger partial charge in [0.2, 0.25) is 5.91 Å². The lowest BCUT2D eigenvalue weighted by Gasteiger charge is -2.24. The molecule has 2 heterocycles. The van der Waals surface area contributed by atoms with Crippen molar-refractivity contribution >= 4 is 11.7 Å². The fourth-order valence-corrected chi connectivity index (χ4v) is 2.94. The molecule has 6 heteroatoms. The summed E-state index contributed by atoms with van der Waals surface area (Å²) >= 11 is 0. The zero-order chi connectivity index (χ0) is 14.7. The second-order valence-corrected chi connectivity index (χ2v) is 5.69. The molecule has 0 aliphatic heterocycles. The molecule has 0 saturated heterocycles. The summed E-state index contributed by atoms with van der Waals surface area (Å²) in [5, 5.41) is 7.55. The fourth-order valence-electron chi connectivity index (χ4n) is 2.94. The summed E-state index contributed by atoms with van der Waals surface area (Å²) < 4.78 is 3.75. The van der Waals surface area contributed by atoms with Crippen LogP contribution >= 0.6 is 0 Å². The van der Waals surface area contributed by atoms with Crippen LogP contribution in [0.5, 0.6) is 0 Å². The molecule has 0 radical (unpaired) electrons. The highest BCUT2D eigenvalue weighted by Gasteiger charge is 2.20. The number of aromatic nitrogens is 4. The molecule has 1 fully saturated rings. The second kappa shape index (κ2) is 6.11. The van der Waals surface area contributed by atoms with Crippen molar-refractivity contribution in [2.45, 2.75) is 51.6 Å². The third kappa shape index (κ3) is 3.32. The Morgan fingerprint density at radius 2 is 2.19 bits per heavy atom. The van der Waals surface area contributed by atoms with Gasteiger partial charge in [0.05, 0.1) is 18.1 Å². The van der Waals surface area contributed by atoms with Gasteiger partial charge in [0.1, 0.15) is 12.4 Å². The highest BCUT2D eigenvalue weighted by atomic mass is 16.2. The third-order valence-electron chi connectivity index (χ3n) is 3.93. The van der Waals surface area contributed by atoms with Crippen LogP contribution in [-0.4, -0.2) is 25.2 Å². The number of nitrogens with one attached hydrogen (secondary N) is 1. The lowest BCUT2D eigenvalue weighted by atomic mass is 9.96. The van der Waals surface area contributed by atoms with Crippen molar-refractivity contribution in [1.82, 2.24) is 19.3 Å². The maximum atomic E-state index is 12.1. The van der Waals surface area contributed by atoms with Crippen LogP contribution in [0.15, 0.2) is 24.8 Å². The van der Waals surface area contributed by atoms with E-state index in [9.17, 15) is 4.79 Å². The number of amides is 1. The van der Waals surface area contributed by atoms with Crippen LogP contribution in [0.1, 0.15) is 43.8 Å². The Labute approximate surface area is 124 Å². The molecule has 21 heavy (non-hydrogen) atoms. The van der Waals surface area contributed by atoms with Gasteiger partial charge in [-0.3, -0.25) is 4.79 Å². The summed E-state index contributed by atoms with van der Waals surface area (Å²) in [5.41, 5.74) is 0.943. The molecule has 1 saturated carbocycles. The maximum absolute atomic E-state index is 12.1. The molecular formula is C15H21N5O. The van der Waals surface area contributed by atoms with Gasteiger partial charge in [0.25, 0.3) is 0 Å². The first-order valence-electron chi connectivity index (χ1n) is 7.54. The summed E-state index contributed by atoms with van der Waals surface area (Å²) in [4.78, 5) is 16.1. The Hall–Kier alpha value is -2.11. The SMILES string of the molecule is Cc1cc(NC(=O)Cn2ccnc2)n(C2CCCCC2)n1. The molecule has 0 spiro atoms. The standard InChI is InChI=1S/C15H21N5O/c1-12-9-14(17-15(21)10-19-8-7-16-11-19)20(18-12)13-5-3-2-4-6-13/h7-9,11,13H,2-6,10H2,1H3,(H,17,21). The highest BCUT2D eigenvalue weighted by Crippen LogP contribution is 2.30. The Kier molecular flexibility index (Phi) is 4.03.